The smallest absolute Gasteiger partial charge is 0.245 e. The zero-order valence-corrected chi connectivity index (χ0v) is 14.4. The number of aromatic nitrogens is 1. The van der Waals surface area contributed by atoms with E-state index in [1.165, 1.54) is 4.31 Å². The summed E-state index contributed by atoms with van der Waals surface area (Å²) in [6.45, 7) is 4.89. The molecule has 1 fully saturated rings. The molecule has 2 N–H and O–H groups in total. The van der Waals surface area contributed by atoms with Crippen LogP contribution in [0.5, 0.6) is 0 Å². The second-order valence-electron chi connectivity index (χ2n) is 6.37. The molecule has 2 atom stereocenters. The quantitative estimate of drug-likeness (QED) is 0.931. The Balaban J connectivity index is 2.04. The number of pyridine rings is 1. The number of benzene rings is 1. The molecule has 23 heavy (non-hydrogen) atoms. The number of hydrogen-bond acceptors (Lipinski definition) is 4. The van der Waals surface area contributed by atoms with E-state index in [0.29, 0.717) is 18.6 Å². The van der Waals surface area contributed by atoms with Crippen LogP contribution in [-0.4, -0.2) is 36.8 Å². The molecule has 0 spiro atoms. The number of fused-ring (bicyclic) bond motifs is 1. The fraction of sp³-hybridized carbons (Fsp3) is 0.471. The average molecular weight is 333 g/mol. The van der Waals surface area contributed by atoms with Gasteiger partial charge in [0.1, 0.15) is 4.90 Å². The lowest BCUT2D eigenvalue weighted by Gasteiger charge is -2.18. The van der Waals surface area contributed by atoms with Crippen molar-refractivity contribution in [3.8, 4) is 0 Å². The maximum atomic E-state index is 13.1. The minimum Gasteiger partial charge on any atom is -0.326 e. The summed E-state index contributed by atoms with van der Waals surface area (Å²) in [5.74, 6) is 0.235. The Bertz CT molecular complexity index is 820. The summed E-state index contributed by atoms with van der Waals surface area (Å²) in [7, 11) is -3.58. The first kappa shape index (κ1) is 16.4. The highest BCUT2D eigenvalue weighted by molar-refractivity contribution is 7.89. The molecule has 0 bridgehead atoms. The first-order chi connectivity index (χ1) is 10.9. The predicted molar refractivity (Wildman–Crippen MR) is 91.6 cm³/mol. The number of nitrogens with zero attached hydrogens (tertiary/aromatic N) is 2. The SMILES string of the molecule is CCC[C@H]1CN(S(=O)(=O)c2cc(C)cc3cccnc23)C[C@@H]1N. The second-order valence-corrected chi connectivity index (χ2v) is 8.28. The summed E-state index contributed by atoms with van der Waals surface area (Å²) in [6.07, 6.45) is 3.60. The molecule has 6 heteroatoms. The molecule has 0 saturated carbocycles. The van der Waals surface area contributed by atoms with Gasteiger partial charge in [-0.05, 0) is 43.0 Å². The third-order valence-corrected chi connectivity index (χ3v) is 6.39. The molecule has 0 amide bonds. The number of nitrogens with two attached hydrogens (primary N) is 1. The highest BCUT2D eigenvalue weighted by atomic mass is 32.2. The van der Waals surface area contributed by atoms with Crippen molar-refractivity contribution in [2.75, 3.05) is 13.1 Å². The summed E-state index contributed by atoms with van der Waals surface area (Å²) >= 11 is 0. The van der Waals surface area contributed by atoms with Crippen molar-refractivity contribution in [3.63, 3.8) is 0 Å². The highest BCUT2D eigenvalue weighted by Crippen LogP contribution is 2.30. The van der Waals surface area contributed by atoms with Crippen LogP contribution >= 0.6 is 0 Å². The Morgan fingerprint density at radius 2 is 2.13 bits per heavy atom. The monoisotopic (exact) mass is 333 g/mol. The number of hydrogen-bond donors (Lipinski definition) is 1. The molecule has 1 aromatic heterocycles. The van der Waals surface area contributed by atoms with Crippen LogP contribution in [0.25, 0.3) is 10.9 Å². The number of sulfonamides is 1. The van der Waals surface area contributed by atoms with Crippen LogP contribution in [0, 0.1) is 12.8 Å². The van der Waals surface area contributed by atoms with Crippen molar-refractivity contribution in [1.82, 2.24) is 9.29 Å². The summed E-state index contributed by atoms with van der Waals surface area (Å²) in [6, 6.07) is 7.29. The van der Waals surface area contributed by atoms with Crippen LogP contribution in [0.2, 0.25) is 0 Å². The van der Waals surface area contributed by atoms with Gasteiger partial charge in [-0.15, -0.1) is 0 Å². The van der Waals surface area contributed by atoms with E-state index in [-0.39, 0.29) is 16.9 Å². The van der Waals surface area contributed by atoms with E-state index in [1.807, 2.05) is 25.1 Å². The molecular formula is C17H23N3O2S. The van der Waals surface area contributed by atoms with E-state index >= 15 is 0 Å². The summed E-state index contributed by atoms with van der Waals surface area (Å²) in [5.41, 5.74) is 7.60. The molecule has 0 radical (unpaired) electrons. The largest absolute Gasteiger partial charge is 0.326 e. The van der Waals surface area contributed by atoms with Crippen LogP contribution in [0.3, 0.4) is 0 Å². The average Bonchev–Trinajstić information content (AvgIpc) is 2.89. The van der Waals surface area contributed by atoms with E-state index in [2.05, 4.69) is 11.9 Å². The van der Waals surface area contributed by atoms with Crippen molar-refractivity contribution in [3.05, 3.63) is 36.0 Å². The zero-order chi connectivity index (χ0) is 16.6. The lowest BCUT2D eigenvalue weighted by atomic mass is 9.99. The van der Waals surface area contributed by atoms with E-state index in [4.69, 9.17) is 5.73 Å². The number of rotatable bonds is 4. The van der Waals surface area contributed by atoms with Crippen molar-refractivity contribution in [2.45, 2.75) is 37.6 Å². The van der Waals surface area contributed by atoms with Crippen molar-refractivity contribution in [2.24, 2.45) is 11.7 Å². The standard InChI is InChI=1S/C17H23N3O2S/c1-3-5-14-10-20(11-15(14)18)23(21,22)16-9-12(2)8-13-6-4-7-19-17(13)16/h4,6-9,14-15H,3,5,10-11,18H2,1-2H3/t14-,15-/m0/s1. The molecule has 5 nitrogen and oxygen atoms in total. The molecule has 1 aliphatic heterocycles. The Morgan fingerprint density at radius 1 is 1.35 bits per heavy atom. The van der Waals surface area contributed by atoms with E-state index in [1.54, 1.807) is 12.3 Å². The lowest BCUT2D eigenvalue weighted by molar-refractivity contribution is 0.439. The van der Waals surface area contributed by atoms with E-state index in [0.717, 1.165) is 23.8 Å². The number of aryl methyl sites for hydroxylation is 1. The first-order valence-electron chi connectivity index (χ1n) is 8.04. The molecule has 0 aliphatic carbocycles. The van der Waals surface area contributed by atoms with E-state index < -0.39 is 10.0 Å². The van der Waals surface area contributed by atoms with Gasteiger partial charge < -0.3 is 5.73 Å². The Kier molecular flexibility index (Phi) is 4.40. The van der Waals surface area contributed by atoms with Crippen LogP contribution in [0.4, 0.5) is 0 Å². The van der Waals surface area contributed by atoms with Crippen molar-refractivity contribution < 1.29 is 8.42 Å². The topological polar surface area (TPSA) is 76.3 Å². The van der Waals surface area contributed by atoms with Gasteiger partial charge in [0.25, 0.3) is 0 Å². The van der Waals surface area contributed by atoms with Gasteiger partial charge in [-0.3, -0.25) is 4.98 Å². The molecule has 0 unspecified atom stereocenters. The summed E-state index contributed by atoms with van der Waals surface area (Å²) in [4.78, 5) is 4.59. The first-order valence-corrected chi connectivity index (χ1v) is 9.48. The van der Waals surface area contributed by atoms with Crippen LogP contribution in [0.15, 0.2) is 35.4 Å². The van der Waals surface area contributed by atoms with Crippen molar-refractivity contribution in [1.29, 1.82) is 0 Å². The van der Waals surface area contributed by atoms with Gasteiger partial charge in [-0.1, -0.05) is 19.4 Å². The van der Waals surface area contributed by atoms with Gasteiger partial charge in [-0.25, -0.2) is 8.42 Å². The van der Waals surface area contributed by atoms with Crippen LogP contribution < -0.4 is 5.73 Å². The molecule has 1 aromatic carbocycles. The second kappa shape index (κ2) is 6.19. The Labute approximate surface area is 137 Å². The van der Waals surface area contributed by atoms with Gasteiger partial charge >= 0.3 is 0 Å². The summed E-state index contributed by atoms with van der Waals surface area (Å²) in [5, 5.41) is 0.847. The summed E-state index contributed by atoms with van der Waals surface area (Å²) < 4.78 is 27.8. The van der Waals surface area contributed by atoms with Gasteiger partial charge in [-0.2, -0.15) is 4.31 Å². The van der Waals surface area contributed by atoms with Gasteiger partial charge in [0.05, 0.1) is 5.52 Å². The third-order valence-electron chi connectivity index (χ3n) is 4.55. The minimum absolute atomic E-state index is 0.0891. The Hall–Kier alpha value is -1.50. The normalized spacial score (nSPS) is 22.7. The maximum absolute atomic E-state index is 13.1. The minimum atomic E-state index is -3.58. The van der Waals surface area contributed by atoms with Crippen LogP contribution in [-0.2, 0) is 10.0 Å². The molecule has 3 rings (SSSR count). The van der Waals surface area contributed by atoms with Gasteiger partial charge in [0.15, 0.2) is 0 Å². The fourth-order valence-electron chi connectivity index (χ4n) is 3.37. The molecule has 1 saturated heterocycles. The molecule has 2 aromatic rings. The predicted octanol–water partition coefficient (Wildman–Crippen LogP) is 2.29. The molecule has 124 valence electrons. The van der Waals surface area contributed by atoms with Gasteiger partial charge in [0.2, 0.25) is 10.0 Å². The molecule has 1 aliphatic rings. The molecular weight excluding hydrogens is 310 g/mol. The van der Waals surface area contributed by atoms with Gasteiger partial charge in [0, 0.05) is 30.7 Å². The third kappa shape index (κ3) is 2.98. The van der Waals surface area contributed by atoms with Crippen molar-refractivity contribution >= 4 is 20.9 Å². The van der Waals surface area contributed by atoms with E-state index in [9.17, 15) is 8.42 Å². The molecule has 2 heterocycles. The lowest BCUT2D eigenvalue weighted by Crippen LogP contribution is -2.32. The maximum Gasteiger partial charge on any atom is 0.245 e. The fourth-order valence-corrected chi connectivity index (χ4v) is 5.15. The highest BCUT2D eigenvalue weighted by Gasteiger charge is 2.37. The van der Waals surface area contributed by atoms with Crippen LogP contribution in [0.1, 0.15) is 25.3 Å². The zero-order valence-electron chi connectivity index (χ0n) is 13.6. The Morgan fingerprint density at radius 3 is 2.87 bits per heavy atom.